The summed E-state index contributed by atoms with van der Waals surface area (Å²) in [6, 6.07) is 17.3. The van der Waals surface area contributed by atoms with Crippen molar-refractivity contribution in [2.75, 3.05) is 11.2 Å². The van der Waals surface area contributed by atoms with E-state index in [2.05, 4.69) is 15.8 Å². The van der Waals surface area contributed by atoms with Crippen LogP contribution in [0.25, 0.3) is 0 Å². The van der Waals surface area contributed by atoms with Gasteiger partial charge in [-0.1, -0.05) is 42.5 Å². The van der Waals surface area contributed by atoms with Crippen molar-refractivity contribution in [1.29, 1.82) is 0 Å². The first-order chi connectivity index (χ1) is 12.7. The van der Waals surface area contributed by atoms with Gasteiger partial charge in [-0.2, -0.15) is 0 Å². The molecule has 0 unspecified atom stereocenters. The molecule has 134 valence electrons. The summed E-state index contributed by atoms with van der Waals surface area (Å²) in [6.45, 7) is 0.221. The van der Waals surface area contributed by atoms with Crippen molar-refractivity contribution in [3.63, 3.8) is 0 Å². The van der Waals surface area contributed by atoms with Crippen LogP contribution in [0.4, 0.5) is 15.6 Å². The Morgan fingerprint density at radius 2 is 1.81 bits per heavy atom. The standard InChI is InChI=1S/C19H20N4O2S/c20-16-9-6-14(7-10-16)8-11-17-13-26-18(21-17)22-23-19(24)25-12-15-4-2-1-3-5-15/h1-7,9-10,13H,8,11-12,20H2,(H,21,22)(H,23,24). The maximum Gasteiger partial charge on any atom is 0.426 e. The van der Waals surface area contributed by atoms with Crippen LogP contribution < -0.4 is 16.6 Å². The Hall–Kier alpha value is -3.06. The zero-order chi connectivity index (χ0) is 18.2. The van der Waals surface area contributed by atoms with Gasteiger partial charge in [0.15, 0.2) is 0 Å². The number of anilines is 2. The summed E-state index contributed by atoms with van der Waals surface area (Å²) < 4.78 is 5.13. The Morgan fingerprint density at radius 3 is 2.58 bits per heavy atom. The fourth-order valence-electron chi connectivity index (χ4n) is 2.30. The average molecular weight is 368 g/mol. The smallest absolute Gasteiger partial charge is 0.426 e. The molecule has 4 N–H and O–H groups in total. The molecule has 6 nitrogen and oxygen atoms in total. The molecule has 0 spiro atoms. The molecule has 0 radical (unpaired) electrons. The zero-order valence-electron chi connectivity index (χ0n) is 14.1. The third kappa shape index (κ3) is 5.49. The Labute approximate surface area is 156 Å². The number of aromatic nitrogens is 1. The molecule has 0 atom stereocenters. The molecule has 3 rings (SSSR count). The molecule has 2 aromatic carbocycles. The molecule has 0 bridgehead atoms. The normalized spacial score (nSPS) is 10.3. The molecule has 0 aliphatic rings. The van der Waals surface area contributed by atoms with Gasteiger partial charge < -0.3 is 10.5 Å². The largest absolute Gasteiger partial charge is 0.443 e. The summed E-state index contributed by atoms with van der Waals surface area (Å²) in [4.78, 5) is 16.2. The van der Waals surface area contributed by atoms with Crippen molar-refractivity contribution in [2.45, 2.75) is 19.4 Å². The molecule has 0 aliphatic heterocycles. The summed E-state index contributed by atoms with van der Waals surface area (Å²) in [5, 5.41) is 2.59. The quantitative estimate of drug-likeness (QED) is 0.436. The van der Waals surface area contributed by atoms with Crippen LogP contribution in [0.15, 0.2) is 60.0 Å². The van der Waals surface area contributed by atoms with E-state index in [1.165, 1.54) is 16.9 Å². The van der Waals surface area contributed by atoms with Crippen LogP contribution in [-0.4, -0.2) is 11.1 Å². The summed E-state index contributed by atoms with van der Waals surface area (Å²) in [5.41, 5.74) is 14.8. The first kappa shape index (κ1) is 17.8. The lowest BCUT2D eigenvalue weighted by Crippen LogP contribution is -2.29. The zero-order valence-corrected chi connectivity index (χ0v) is 15.0. The lowest BCUT2D eigenvalue weighted by Gasteiger charge is -2.07. The number of carbonyl (C=O) groups excluding carboxylic acids is 1. The number of nitrogens with two attached hydrogens (primary N) is 1. The van der Waals surface area contributed by atoms with E-state index in [4.69, 9.17) is 10.5 Å². The fraction of sp³-hybridized carbons (Fsp3) is 0.158. The van der Waals surface area contributed by atoms with Crippen LogP contribution in [0, 0.1) is 0 Å². The molecular weight excluding hydrogens is 348 g/mol. The maximum atomic E-state index is 11.7. The molecule has 0 saturated heterocycles. The van der Waals surface area contributed by atoms with Crippen LogP contribution in [-0.2, 0) is 24.2 Å². The number of hydrogen-bond donors (Lipinski definition) is 3. The van der Waals surface area contributed by atoms with Gasteiger partial charge in [0.1, 0.15) is 6.61 Å². The third-order valence-corrected chi connectivity index (χ3v) is 4.49. The number of hydrogen-bond acceptors (Lipinski definition) is 6. The highest BCUT2D eigenvalue weighted by Crippen LogP contribution is 2.16. The minimum Gasteiger partial charge on any atom is -0.443 e. The van der Waals surface area contributed by atoms with Crippen LogP contribution in [0.1, 0.15) is 16.8 Å². The van der Waals surface area contributed by atoms with Gasteiger partial charge in [0, 0.05) is 11.1 Å². The summed E-state index contributed by atoms with van der Waals surface area (Å²) in [7, 11) is 0. The highest BCUT2D eigenvalue weighted by atomic mass is 32.1. The molecule has 1 aromatic heterocycles. The third-order valence-electron chi connectivity index (χ3n) is 3.69. The minimum absolute atomic E-state index is 0.221. The lowest BCUT2D eigenvalue weighted by atomic mass is 10.1. The number of rotatable bonds is 7. The number of amides is 1. The van der Waals surface area contributed by atoms with Crippen molar-refractivity contribution in [2.24, 2.45) is 0 Å². The average Bonchev–Trinajstić information content (AvgIpc) is 3.13. The first-order valence-corrected chi connectivity index (χ1v) is 9.08. The van der Waals surface area contributed by atoms with Gasteiger partial charge in [0.05, 0.1) is 5.69 Å². The van der Waals surface area contributed by atoms with Gasteiger partial charge in [0.25, 0.3) is 0 Å². The van der Waals surface area contributed by atoms with E-state index in [1.807, 2.05) is 60.0 Å². The number of thiazole rings is 1. The maximum absolute atomic E-state index is 11.7. The highest BCUT2D eigenvalue weighted by Gasteiger charge is 2.06. The van der Waals surface area contributed by atoms with Crippen molar-refractivity contribution in [1.82, 2.24) is 10.4 Å². The van der Waals surface area contributed by atoms with Crippen LogP contribution in [0.2, 0.25) is 0 Å². The number of nitrogens with one attached hydrogen (secondary N) is 2. The number of hydrazine groups is 1. The van der Waals surface area contributed by atoms with Crippen LogP contribution in [0.5, 0.6) is 0 Å². The van der Waals surface area contributed by atoms with E-state index in [-0.39, 0.29) is 6.61 Å². The van der Waals surface area contributed by atoms with Gasteiger partial charge in [-0.15, -0.1) is 11.3 Å². The van der Waals surface area contributed by atoms with Gasteiger partial charge >= 0.3 is 6.09 Å². The molecular formula is C19H20N4O2S. The monoisotopic (exact) mass is 368 g/mol. The van der Waals surface area contributed by atoms with Crippen molar-refractivity contribution in [3.05, 3.63) is 76.8 Å². The second-order valence-corrected chi connectivity index (χ2v) is 6.56. The molecule has 0 saturated carbocycles. The van der Waals surface area contributed by atoms with Crippen molar-refractivity contribution in [3.8, 4) is 0 Å². The summed E-state index contributed by atoms with van der Waals surface area (Å²) in [5.74, 6) is 0. The summed E-state index contributed by atoms with van der Waals surface area (Å²) >= 11 is 1.43. The van der Waals surface area contributed by atoms with Gasteiger partial charge in [-0.3, -0.25) is 5.43 Å². The van der Waals surface area contributed by atoms with Gasteiger partial charge in [-0.25, -0.2) is 15.2 Å². The first-order valence-electron chi connectivity index (χ1n) is 8.20. The second kappa shape index (κ2) is 8.87. The van der Waals surface area contributed by atoms with E-state index < -0.39 is 6.09 Å². The number of ether oxygens (including phenoxy) is 1. The molecule has 26 heavy (non-hydrogen) atoms. The Bertz CT molecular complexity index is 834. The molecule has 0 aliphatic carbocycles. The van der Waals surface area contributed by atoms with Crippen molar-refractivity contribution < 1.29 is 9.53 Å². The predicted octanol–water partition coefficient (Wildman–Crippen LogP) is 3.76. The number of benzene rings is 2. The number of aryl methyl sites for hydroxylation is 2. The topological polar surface area (TPSA) is 89.3 Å². The van der Waals surface area contributed by atoms with E-state index in [9.17, 15) is 4.79 Å². The molecule has 0 fully saturated rings. The van der Waals surface area contributed by atoms with E-state index in [0.717, 1.165) is 29.8 Å². The molecule has 7 heteroatoms. The molecule has 1 amide bonds. The van der Waals surface area contributed by atoms with Gasteiger partial charge in [0.2, 0.25) is 5.13 Å². The van der Waals surface area contributed by atoms with Crippen LogP contribution >= 0.6 is 11.3 Å². The Kier molecular flexibility index (Phi) is 6.05. The Balaban J connectivity index is 1.40. The van der Waals surface area contributed by atoms with E-state index in [0.29, 0.717) is 5.13 Å². The van der Waals surface area contributed by atoms with E-state index >= 15 is 0 Å². The molecule has 3 aromatic rings. The summed E-state index contributed by atoms with van der Waals surface area (Å²) in [6.07, 6.45) is 1.16. The van der Waals surface area contributed by atoms with Gasteiger partial charge in [-0.05, 0) is 36.1 Å². The van der Waals surface area contributed by atoms with Crippen LogP contribution in [0.3, 0.4) is 0 Å². The lowest BCUT2D eigenvalue weighted by molar-refractivity contribution is 0.142. The van der Waals surface area contributed by atoms with E-state index in [1.54, 1.807) is 0 Å². The predicted molar refractivity (Wildman–Crippen MR) is 104 cm³/mol. The Morgan fingerprint density at radius 1 is 1.04 bits per heavy atom. The minimum atomic E-state index is -0.549. The number of carbonyl (C=O) groups is 1. The molecule has 1 heterocycles. The van der Waals surface area contributed by atoms with Crippen molar-refractivity contribution >= 4 is 28.2 Å². The number of nitrogen functional groups attached to an aromatic ring is 1. The second-order valence-electron chi connectivity index (χ2n) is 5.70. The number of nitrogens with zero attached hydrogens (tertiary/aromatic N) is 1. The fourth-order valence-corrected chi connectivity index (χ4v) is 3.00. The SMILES string of the molecule is Nc1ccc(CCc2csc(NNC(=O)OCc3ccccc3)n2)cc1. The highest BCUT2D eigenvalue weighted by molar-refractivity contribution is 7.13.